The van der Waals surface area contributed by atoms with Crippen LogP contribution in [0.4, 0.5) is 10.1 Å². The number of unbranched alkanes of at least 4 members (excludes halogenated alkanes) is 2. The Bertz CT molecular complexity index is 452. The minimum absolute atomic E-state index is 0.110. The van der Waals surface area contributed by atoms with Crippen molar-refractivity contribution < 1.29 is 14.3 Å². The Hall–Kier alpha value is -1.30. The van der Waals surface area contributed by atoms with Crippen LogP contribution in [0.1, 0.15) is 42.4 Å². The number of rotatable bonds is 6. The highest BCUT2D eigenvalue weighted by atomic mass is 32.2. The highest BCUT2D eigenvalue weighted by Gasteiger charge is 2.21. The third-order valence-corrected chi connectivity index (χ3v) is 3.44. The third kappa shape index (κ3) is 3.13. The zero-order valence-corrected chi connectivity index (χ0v) is 11.3. The molecule has 3 N–H and O–H groups in total. The molecule has 4 nitrogen and oxygen atoms in total. The molecule has 0 amide bonds. The zero-order valence-electron chi connectivity index (χ0n) is 10.5. The van der Waals surface area contributed by atoms with Gasteiger partial charge in [-0.05, 0) is 19.1 Å². The molecule has 0 aliphatic rings. The summed E-state index contributed by atoms with van der Waals surface area (Å²) in [5, 5.41) is 9.05. The smallest absolute Gasteiger partial charge is 0.355 e. The number of anilines is 1. The second-order valence-corrected chi connectivity index (χ2v) is 4.75. The molecule has 6 heteroatoms. The molecule has 0 fully saturated rings. The average Bonchev–Trinajstić information content (AvgIpc) is 2.34. The van der Waals surface area contributed by atoms with Crippen LogP contribution in [0.25, 0.3) is 0 Å². The van der Waals surface area contributed by atoms with Gasteiger partial charge in [0.25, 0.3) is 0 Å². The second kappa shape index (κ2) is 6.58. The number of thioether (sulfide) groups is 1. The van der Waals surface area contributed by atoms with Gasteiger partial charge in [-0.25, -0.2) is 14.2 Å². The number of nitrogen functional groups attached to an aromatic ring is 1. The van der Waals surface area contributed by atoms with Crippen molar-refractivity contribution in [3.63, 3.8) is 0 Å². The first kappa shape index (κ1) is 14.8. The number of carboxylic acids is 1. The molecule has 0 spiro atoms. The van der Waals surface area contributed by atoms with Crippen molar-refractivity contribution in [2.24, 2.45) is 0 Å². The van der Waals surface area contributed by atoms with Gasteiger partial charge >= 0.3 is 5.97 Å². The van der Waals surface area contributed by atoms with Gasteiger partial charge in [-0.15, -0.1) is 11.8 Å². The van der Waals surface area contributed by atoms with Crippen molar-refractivity contribution in [2.45, 2.75) is 37.5 Å². The van der Waals surface area contributed by atoms with E-state index < -0.39 is 11.8 Å². The number of hydrogen-bond donors (Lipinski definition) is 2. The van der Waals surface area contributed by atoms with E-state index in [0.717, 1.165) is 31.0 Å². The van der Waals surface area contributed by atoms with Crippen LogP contribution in [0.3, 0.4) is 0 Å². The van der Waals surface area contributed by atoms with Gasteiger partial charge in [0.05, 0.1) is 16.3 Å². The van der Waals surface area contributed by atoms with Gasteiger partial charge in [-0.3, -0.25) is 0 Å². The van der Waals surface area contributed by atoms with Crippen molar-refractivity contribution in [3.05, 3.63) is 17.2 Å². The number of nitrogens with zero attached hydrogens (tertiary/aromatic N) is 1. The van der Waals surface area contributed by atoms with Crippen LogP contribution in [0.15, 0.2) is 4.90 Å². The Labute approximate surface area is 110 Å². The molecule has 0 saturated heterocycles. The summed E-state index contributed by atoms with van der Waals surface area (Å²) in [6, 6.07) is 0. The van der Waals surface area contributed by atoms with Crippen LogP contribution >= 0.6 is 11.8 Å². The SMILES string of the molecule is CCCCCc1nc(C(=O)O)c(SC)c(N)c1F. The molecule has 0 saturated carbocycles. The van der Waals surface area contributed by atoms with Gasteiger partial charge in [0.15, 0.2) is 11.5 Å². The number of aromatic carboxylic acids is 1. The number of aryl methyl sites for hydroxylation is 1. The number of carboxylic acid groups (broad SMARTS) is 1. The van der Waals surface area contributed by atoms with E-state index in [9.17, 15) is 9.18 Å². The first-order valence-corrected chi connectivity index (χ1v) is 7.00. The van der Waals surface area contributed by atoms with E-state index in [1.54, 1.807) is 6.26 Å². The predicted molar refractivity (Wildman–Crippen MR) is 70.6 cm³/mol. The fourth-order valence-electron chi connectivity index (χ4n) is 1.68. The van der Waals surface area contributed by atoms with Crippen LogP contribution in [0.2, 0.25) is 0 Å². The molecular formula is C12H17FN2O2S. The highest BCUT2D eigenvalue weighted by molar-refractivity contribution is 7.98. The van der Waals surface area contributed by atoms with Gasteiger partial charge in [0, 0.05) is 0 Å². The molecule has 18 heavy (non-hydrogen) atoms. The standard InChI is InChI=1S/C12H17FN2O2S/c1-3-4-5-6-7-8(13)9(14)11(18-2)10(15-7)12(16)17/h3-6H2,1-2H3,(H2,14,15)(H,16,17). The Morgan fingerprint density at radius 2 is 2.17 bits per heavy atom. The first-order valence-electron chi connectivity index (χ1n) is 5.78. The number of nitrogens with two attached hydrogens (primary N) is 1. The van der Waals surface area contributed by atoms with Crippen LogP contribution in [0.5, 0.6) is 0 Å². The van der Waals surface area contributed by atoms with Gasteiger partial charge in [-0.1, -0.05) is 19.8 Å². The largest absolute Gasteiger partial charge is 0.476 e. The van der Waals surface area contributed by atoms with E-state index >= 15 is 0 Å². The fraction of sp³-hybridized carbons (Fsp3) is 0.500. The molecule has 0 radical (unpaired) electrons. The molecule has 1 aromatic heterocycles. The molecule has 0 bridgehead atoms. The number of pyridine rings is 1. The molecule has 1 rings (SSSR count). The summed E-state index contributed by atoms with van der Waals surface area (Å²) >= 11 is 1.09. The summed E-state index contributed by atoms with van der Waals surface area (Å²) in [7, 11) is 0. The van der Waals surface area contributed by atoms with E-state index in [4.69, 9.17) is 10.8 Å². The van der Waals surface area contributed by atoms with Crippen molar-refractivity contribution in [1.82, 2.24) is 4.98 Å². The lowest BCUT2D eigenvalue weighted by atomic mass is 10.1. The lowest BCUT2D eigenvalue weighted by Gasteiger charge is -2.11. The first-order chi connectivity index (χ1) is 8.52. The Morgan fingerprint density at radius 3 is 2.67 bits per heavy atom. The maximum Gasteiger partial charge on any atom is 0.355 e. The van der Waals surface area contributed by atoms with Crippen LogP contribution in [0, 0.1) is 5.82 Å². The summed E-state index contributed by atoms with van der Waals surface area (Å²) < 4.78 is 13.9. The molecule has 0 atom stereocenters. The maximum atomic E-state index is 13.9. The summed E-state index contributed by atoms with van der Waals surface area (Å²) in [6.07, 6.45) is 4.80. The number of carbonyl (C=O) groups is 1. The molecule has 1 heterocycles. The monoisotopic (exact) mass is 272 g/mol. The zero-order chi connectivity index (χ0) is 13.7. The number of aromatic nitrogens is 1. The molecule has 1 aromatic rings. The van der Waals surface area contributed by atoms with Crippen LogP contribution < -0.4 is 5.73 Å². The van der Waals surface area contributed by atoms with Gasteiger partial charge in [-0.2, -0.15) is 0 Å². The van der Waals surface area contributed by atoms with E-state index in [1.165, 1.54) is 0 Å². The van der Waals surface area contributed by atoms with Crippen LogP contribution in [-0.2, 0) is 6.42 Å². The van der Waals surface area contributed by atoms with E-state index in [1.807, 2.05) is 6.92 Å². The highest BCUT2D eigenvalue weighted by Crippen LogP contribution is 2.30. The Balaban J connectivity index is 3.16. The topological polar surface area (TPSA) is 76.2 Å². The average molecular weight is 272 g/mol. The lowest BCUT2D eigenvalue weighted by Crippen LogP contribution is -2.11. The number of hydrogen-bond acceptors (Lipinski definition) is 4. The Kier molecular flexibility index (Phi) is 5.40. The molecule has 100 valence electrons. The summed E-state index contributed by atoms with van der Waals surface area (Å²) in [5.74, 6) is -1.76. The number of halogens is 1. The molecule has 0 aromatic carbocycles. The molecule has 0 unspecified atom stereocenters. The van der Waals surface area contributed by atoms with Crippen LogP contribution in [-0.4, -0.2) is 22.3 Å². The molecule has 0 aliphatic heterocycles. The Morgan fingerprint density at radius 1 is 1.50 bits per heavy atom. The third-order valence-electron chi connectivity index (χ3n) is 2.62. The minimum atomic E-state index is -1.18. The molecular weight excluding hydrogens is 255 g/mol. The van der Waals surface area contributed by atoms with Gasteiger partial charge in [0.1, 0.15) is 0 Å². The molecule has 0 aliphatic carbocycles. The minimum Gasteiger partial charge on any atom is -0.476 e. The van der Waals surface area contributed by atoms with Gasteiger partial charge < -0.3 is 10.8 Å². The summed E-state index contributed by atoms with van der Waals surface area (Å²) in [5.41, 5.74) is 5.52. The van der Waals surface area contributed by atoms with Crippen molar-refractivity contribution in [2.75, 3.05) is 12.0 Å². The van der Waals surface area contributed by atoms with Crippen molar-refractivity contribution in [1.29, 1.82) is 0 Å². The summed E-state index contributed by atoms with van der Waals surface area (Å²) in [4.78, 5) is 15.2. The van der Waals surface area contributed by atoms with E-state index in [2.05, 4.69) is 4.98 Å². The summed E-state index contributed by atoms with van der Waals surface area (Å²) in [6.45, 7) is 2.04. The second-order valence-electron chi connectivity index (χ2n) is 3.93. The van der Waals surface area contributed by atoms with Gasteiger partial charge in [0.2, 0.25) is 0 Å². The maximum absolute atomic E-state index is 13.9. The van der Waals surface area contributed by atoms with E-state index in [-0.39, 0.29) is 22.0 Å². The van der Waals surface area contributed by atoms with Crippen molar-refractivity contribution in [3.8, 4) is 0 Å². The quantitative estimate of drug-likeness (QED) is 0.615. The predicted octanol–water partition coefficient (Wildman–Crippen LogP) is 2.96. The van der Waals surface area contributed by atoms with E-state index in [0.29, 0.717) is 6.42 Å². The van der Waals surface area contributed by atoms with Crippen molar-refractivity contribution >= 4 is 23.4 Å². The lowest BCUT2D eigenvalue weighted by molar-refractivity contribution is 0.0686. The fourth-order valence-corrected chi connectivity index (χ4v) is 2.31. The normalized spacial score (nSPS) is 10.6.